The van der Waals surface area contributed by atoms with Gasteiger partial charge in [-0.15, -0.1) is 0 Å². The number of hydroxylamine groups is 1. The SMILES string of the molecule is COc1cc(CC2c3ccccc3SC2(OCc2ccccc2)c2ccc(N(OC)C(=O)C=O)cc2)ccc1CN1CCCC1. The summed E-state index contributed by atoms with van der Waals surface area (Å²) in [4.78, 5) is 31.5. The van der Waals surface area contributed by atoms with Crippen LogP contribution in [0.4, 0.5) is 5.69 Å². The Morgan fingerprint density at radius 1 is 0.933 bits per heavy atom. The fourth-order valence-corrected chi connectivity index (χ4v) is 7.97. The van der Waals surface area contributed by atoms with E-state index in [1.165, 1.54) is 41.5 Å². The van der Waals surface area contributed by atoms with Crippen molar-refractivity contribution in [2.45, 2.75) is 48.2 Å². The van der Waals surface area contributed by atoms with E-state index in [0.717, 1.165) is 48.0 Å². The Morgan fingerprint density at radius 3 is 2.38 bits per heavy atom. The van der Waals surface area contributed by atoms with Crippen LogP contribution in [-0.4, -0.2) is 44.4 Å². The molecule has 1 fully saturated rings. The van der Waals surface area contributed by atoms with E-state index in [2.05, 4.69) is 59.5 Å². The lowest BCUT2D eigenvalue weighted by Crippen LogP contribution is -2.32. The molecule has 8 heteroatoms. The highest BCUT2D eigenvalue weighted by atomic mass is 32.2. The first-order valence-corrected chi connectivity index (χ1v) is 16.1. The van der Waals surface area contributed by atoms with Gasteiger partial charge in [-0.1, -0.05) is 84.6 Å². The molecule has 0 aromatic heterocycles. The van der Waals surface area contributed by atoms with Gasteiger partial charge < -0.3 is 9.47 Å². The second-order valence-electron chi connectivity index (χ2n) is 11.4. The first kappa shape index (κ1) is 31.0. The first-order valence-electron chi connectivity index (χ1n) is 15.3. The fourth-order valence-electron chi connectivity index (χ4n) is 6.45. The summed E-state index contributed by atoms with van der Waals surface area (Å²) in [5.74, 6) is 0.110. The number of fused-ring (bicyclic) bond motifs is 1. The molecule has 0 N–H and O–H groups in total. The highest BCUT2D eigenvalue weighted by molar-refractivity contribution is 8.00. The molecule has 0 radical (unpaired) electrons. The number of rotatable bonds is 12. The lowest BCUT2D eigenvalue weighted by molar-refractivity contribution is -0.133. The second-order valence-corrected chi connectivity index (χ2v) is 12.7. The van der Waals surface area contributed by atoms with E-state index in [-0.39, 0.29) is 12.2 Å². The maximum absolute atomic E-state index is 12.2. The zero-order valence-corrected chi connectivity index (χ0v) is 26.5. The summed E-state index contributed by atoms with van der Waals surface area (Å²) in [6.07, 6.45) is 3.48. The number of ether oxygens (including phenoxy) is 2. The van der Waals surface area contributed by atoms with Crippen LogP contribution in [0.15, 0.2) is 102 Å². The number of amides is 1. The summed E-state index contributed by atoms with van der Waals surface area (Å²) in [5, 5.41) is 0.984. The van der Waals surface area contributed by atoms with Crippen LogP contribution in [0.25, 0.3) is 0 Å². The maximum atomic E-state index is 12.2. The van der Waals surface area contributed by atoms with Crippen LogP contribution >= 0.6 is 11.8 Å². The third kappa shape index (κ3) is 6.56. The second kappa shape index (κ2) is 14.0. The summed E-state index contributed by atoms with van der Waals surface area (Å²) in [6.45, 7) is 3.58. The lowest BCUT2D eigenvalue weighted by Gasteiger charge is -2.36. The number of likely N-dealkylation sites (tertiary alicyclic amines) is 1. The van der Waals surface area contributed by atoms with Gasteiger partial charge in [-0.2, -0.15) is 5.06 Å². The molecule has 2 unspecified atom stereocenters. The molecule has 4 aromatic rings. The van der Waals surface area contributed by atoms with E-state index in [9.17, 15) is 9.59 Å². The summed E-state index contributed by atoms with van der Waals surface area (Å²) >= 11 is 1.72. The van der Waals surface area contributed by atoms with Crippen molar-refractivity contribution in [3.63, 3.8) is 0 Å². The molecule has 2 aliphatic rings. The van der Waals surface area contributed by atoms with Crippen LogP contribution in [0.5, 0.6) is 5.75 Å². The molecule has 7 nitrogen and oxygen atoms in total. The highest BCUT2D eigenvalue weighted by Gasteiger charge is 2.49. The number of carbonyl (C=O) groups excluding carboxylic acids is 2. The van der Waals surface area contributed by atoms with Gasteiger partial charge in [0.2, 0.25) is 6.29 Å². The van der Waals surface area contributed by atoms with E-state index in [0.29, 0.717) is 12.3 Å². The van der Waals surface area contributed by atoms with Gasteiger partial charge in [0.05, 0.1) is 26.5 Å². The molecule has 0 saturated carbocycles. The van der Waals surface area contributed by atoms with Gasteiger partial charge in [-0.3, -0.25) is 19.3 Å². The van der Waals surface area contributed by atoms with E-state index in [1.54, 1.807) is 31.0 Å². The number of benzene rings is 4. The molecule has 0 spiro atoms. The summed E-state index contributed by atoms with van der Waals surface area (Å²) in [5.41, 5.74) is 6.12. The zero-order chi connectivity index (χ0) is 31.2. The van der Waals surface area contributed by atoms with Crippen LogP contribution in [0.1, 0.15) is 46.6 Å². The Hall–Kier alpha value is -3.95. The van der Waals surface area contributed by atoms with Crippen molar-refractivity contribution in [1.29, 1.82) is 0 Å². The molecular formula is C37H38N2O5S. The van der Waals surface area contributed by atoms with Crippen molar-refractivity contribution in [3.05, 3.63) is 125 Å². The number of methoxy groups -OCH3 is 1. The van der Waals surface area contributed by atoms with Crippen LogP contribution in [0.3, 0.4) is 0 Å². The normalized spacial score (nSPS) is 19.3. The quantitative estimate of drug-likeness (QED) is 0.0969. The molecule has 1 saturated heterocycles. The molecule has 2 atom stereocenters. The molecule has 2 heterocycles. The average molecular weight is 623 g/mol. The number of anilines is 1. The van der Waals surface area contributed by atoms with Crippen molar-refractivity contribution in [3.8, 4) is 5.75 Å². The van der Waals surface area contributed by atoms with Crippen LogP contribution in [-0.2, 0) is 43.7 Å². The largest absolute Gasteiger partial charge is 0.496 e. The lowest BCUT2D eigenvalue weighted by atomic mass is 9.83. The average Bonchev–Trinajstić information content (AvgIpc) is 3.72. The van der Waals surface area contributed by atoms with E-state index in [4.69, 9.17) is 14.3 Å². The predicted octanol–water partition coefficient (Wildman–Crippen LogP) is 6.89. The van der Waals surface area contributed by atoms with Crippen molar-refractivity contribution in [2.24, 2.45) is 0 Å². The standard InChI is InChI=1S/C37H38N2O5S/c1-42-34-23-28(14-15-29(34)24-38-20-8-9-21-38)22-33-32-12-6-7-13-35(32)45-37(33,44-26-27-10-4-3-5-11-27)30-16-18-31(19-17-30)39(43-2)36(41)25-40/h3-7,10-19,23,25,33H,8-9,20-22,24,26H2,1-2H3. The van der Waals surface area contributed by atoms with E-state index < -0.39 is 10.8 Å². The summed E-state index contributed by atoms with van der Waals surface area (Å²) in [6, 6.07) is 32.9. The molecule has 232 valence electrons. The van der Waals surface area contributed by atoms with Crippen LogP contribution < -0.4 is 9.80 Å². The Bertz CT molecular complexity index is 1620. The number of carbonyl (C=O) groups is 2. The third-order valence-corrected chi connectivity index (χ3v) is 10.2. The fraction of sp³-hybridized carbons (Fsp3) is 0.297. The molecule has 6 rings (SSSR count). The zero-order valence-electron chi connectivity index (χ0n) is 25.7. The molecule has 2 aliphatic heterocycles. The monoisotopic (exact) mass is 622 g/mol. The minimum atomic E-state index is -0.775. The molecule has 0 bridgehead atoms. The number of aldehydes is 1. The van der Waals surface area contributed by atoms with Crippen molar-refractivity contribution < 1.29 is 23.9 Å². The Balaban J connectivity index is 1.39. The predicted molar refractivity (Wildman–Crippen MR) is 176 cm³/mol. The smallest absolute Gasteiger partial charge is 0.314 e. The Kier molecular flexibility index (Phi) is 9.66. The Labute approximate surface area is 269 Å². The molecule has 1 amide bonds. The van der Waals surface area contributed by atoms with Crippen LogP contribution in [0.2, 0.25) is 0 Å². The number of thioether (sulfide) groups is 1. The summed E-state index contributed by atoms with van der Waals surface area (Å²) in [7, 11) is 3.12. The third-order valence-electron chi connectivity index (χ3n) is 8.68. The minimum Gasteiger partial charge on any atom is -0.496 e. The van der Waals surface area contributed by atoms with Crippen molar-refractivity contribution in [1.82, 2.24) is 4.90 Å². The van der Waals surface area contributed by atoms with E-state index >= 15 is 0 Å². The first-order chi connectivity index (χ1) is 22.0. The van der Waals surface area contributed by atoms with Gasteiger partial charge >= 0.3 is 5.91 Å². The molecular weight excluding hydrogens is 584 g/mol. The number of nitrogens with zero attached hydrogens (tertiary/aromatic N) is 2. The van der Waals surface area contributed by atoms with Crippen molar-refractivity contribution >= 4 is 29.6 Å². The van der Waals surface area contributed by atoms with Gasteiger partial charge in [0.25, 0.3) is 0 Å². The molecule has 45 heavy (non-hydrogen) atoms. The molecule has 4 aromatic carbocycles. The van der Waals surface area contributed by atoms with Crippen LogP contribution in [0, 0.1) is 0 Å². The maximum Gasteiger partial charge on any atom is 0.314 e. The van der Waals surface area contributed by atoms with Gasteiger partial charge in [0.15, 0.2) is 4.93 Å². The minimum absolute atomic E-state index is 0.0301. The van der Waals surface area contributed by atoms with Gasteiger partial charge in [-0.25, -0.2) is 0 Å². The summed E-state index contributed by atoms with van der Waals surface area (Å²) < 4.78 is 13.0. The molecule has 0 aliphatic carbocycles. The topological polar surface area (TPSA) is 68.3 Å². The number of hydrogen-bond acceptors (Lipinski definition) is 7. The van der Waals surface area contributed by atoms with E-state index in [1.807, 2.05) is 30.3 Å². The van der Waals surface area contributed by atoms with Crippen molar-refractivity contribution in [2.75, 3.05) is 32.4 Å². The van der Waals surface area contributed by atoms with Gasteiger partial charge in [-0.05, 0) is 78.9 Å². The van der Waals surface area contributed by atoms with Gasteiger partial charge in [0.1, 0.15) is 5.75 Å². The Morgan fingerprint density at radius 2 is 1.67 bits per heavy atom. The highest BCUT2D eigenvalue weighted by Crippen LogP contribution is 2.61. The van der Waals surface area contributed by atoms with Gasteiger partial charge in [0, 0.05) is 22.9 Å². The number of hydrogen-bond donors (Lipinski definition) is 0.